The van der Waals surface area contributed by atoms with Crippen LogP contribution in [0.15, 0.2) is 0 Å². The molecule has 2 amide bonds. The van der Waals surface area contributed by atoms with Gasteiger partial charge in [0.15, 0.2) is 0 Å². The first-order valence-electron chi connectivity index (χ1n) is 6.97. The molecule has 2 aliphatic rings. The minimum Gasteiger partial charge on any atom is -0.374 e. The molecule has 0 bridgehead atoms. The zero-order valence-corrected chi connectivity index (χ0v) is 11.5. The van der Waals surface area contributed by atoms with Gasteiger partial charge in [0.25, 0.3) is 0 Å². The number of hydrogen-bond acceptors (Lipinski definition) is 3. The molecule has 1 aliphatic carbocycles. The molecular formula is C13H25N3O2. The third kappa shape index (κ3) is 3.85. The molecule has 0 aromatic carbocycles. The molecule has 1 aliphatic heterocycles. The van der Waals surface area contributed by atoms with E-state index in [1.165, 1.54) is 12.8 Å². The minimum atomic E-state index is 0.0405. The van der Waals surface area contributed by atoms with E-state index in [2.05, 4.69) is 17.3 Å². The maximum Gasteiger partial charge on any atom is 0.317 e. The Kier molecular flexibility index (Phi) is 4.83. The zero-order chi connectivity index (χ0) is 13.0. The summed E-state index contributed by atoms with van der Waals surface area (Å²) >= 11 is 0. The molecule has 1 atom stereocenters. The standard InChI is InChI=1S/C13H25N3O2/c1-15-7-8-18-12(9-15)10-16(2)13(17)14-11-5-3-4-6-11/h11-12H,3-10H2,1-2H3,(H,14,17). The maximum atomic E-state index is 12.0. The van der Waals surface area contributed by atoms with Crippen LogP contribution in [0.1, 0.15) is 25.7 Å². The molecular weight excluding hydrogens is 230 g/mol. The predicted molar refractivity (Wildman–Crippen MR) is 70.7 cm³/mol. The summed E-state index contributed by atoms with van der Waals surface area (Å²) in [5, 5.41) is 3.10. The second-order valence-electron chi connectivity index (χ2n) is 5.57. The fraction of sp³-hybridized carbons (Fsp3) is 0.923. The van der Waals surface area contributed by atoms with Gasteiger partial charge in [0.2, 0.25) is 0 Å². The van der Waals surface area contributed by atoms with Crippen molar-refractivity contribution in [2.75, 3.05) is 40.3 Å². The molecule has 1 saturated heterocycles. The second kappa shape index (κ2) is 6.38. The lowest BCUT2D eigenvalue weighted by molar-refractivity contribution is -0.0282. The molecule has 104 valence electrons. The number of carbonyl (C=O) groups excluding carboxylic acids is 1. The van der Waals surface area contributed by atoms with Gasteiger partial charge in [-0.3, -0.25) is 0 Å². The summed E-state index contributed by atoms with van der Waals surface area (Å²) in [5.74, 6) is 0. The molecule has 2 rings (SSSR count). The van der Waals surface area contributed by atoms with Crippen molar-refractivity contribution in [2.45, 2.75) is 37.8 Å². The summed E-state index contributed by atoms with van der Waals surface area (Å²) in [6, 6.07) is 0.425. The lowest BCUT2D eigenvalue weighted by Crippen LogP contribution is -2.49. The first-order valence-corrected chi connectivity index (χ1v) is 6.97. The van der Waals surface area contributed by atoms with Gasteiger partial charge in [-0.05, 0) is 19.9 Å². The molecule has 0 spiro atoms. The van der Waals surface area contributed by atoms with Gasteiger partial charge in [0.05, 0.1) is 12.7 Å². The molecule has 1 N–H and O–H groups in total. The van der Waals surface area contributed by atoms with E-state index in [0.717, 1.165) is 32.5 Å². The van der Waals surface area contributed by atoms with E-state index in [9.17, 15) is 4.79 Å². The Morgan fingerprint density at radius 3 is 2.83 bits per heavy atom. The van der Waals surface area contributed by atoms with Gasteiger partial charge in [-0.1, -0.05) is 12.8 Å². The largest absolute Gasteiger partial charge is 0.374 e. The van der Waals surface area contributed by atoms with Crippen molar-refractivity contribution >= 4 is 6.03 Å². The molecule has 2 fully saturated rings. The summed E-state index contributed by atoms with van der Waals surface area (Å²) in [6.45, 7) is 3.32. The van der Waals surface area contributed by atoms with Crippen LogP contribution in [0.25, 0.3) is 0 Å². The molecule has 1 unspecified atom stereocenters. The van der Waals surface area contributed by atoms with E-state index in [1.807, 2.05) is 7.05 Å². The Morgan fingerprint density at radius 2 is 2.17 bits per heavy atom. The minimum absolute atomic E-state index is 0.0405. The second-order valence-corrected chi connectivity index (χ2v) is 5.57. The summed E-state index contributed by atoms with van der Waals surface area (Å²) in [5.41, 5.74) is 0. The first kappa shape index (κ1) is 13.6. The fourth-order valence-corrected chi connectivity index (χ4v) is 2.72. The first-order chi connectivity index (χ1) is 8.65. The van der Waals surface area contributed by atoms with E-state index in [1.54, 1.807) is 4.90 Å². The smallest absolute Gasteiger partial charge is 0.317 e. The van der Waals surface area contributed by atoms with Crippen LogP contribution < -0.4 is 5.32 Å². The number of amides is 2. The quantitative estimate of drug-likeness (QED) is 0.815. The average Bonchev–Trinajstić information content (AvgIpc) is 2.81. The highest BCUT2D eigenvalue weighted by Crippen LogP contribution is 2.17. The van der Waals surface area contributed by atoms with E-state index in [-0.39, 0.29) is 12.1 Å². The molecule has 0 aromatic heterocycles. The highest BCUT2D eigenvalue weighted by atomic mass is 16.5. The maximum absolute atomic E-state index is 12.0. The Hall–Kier alpha value is -0.810. The van der Waals surface area contributed by atoms with Crippen LogP contribution in [0.4, 0.5) is 4.79 Å². The third-order valence-electron chi connectivity index (χ3n) is 3.85. The van der Waals surface area contributed by atoms with E-state index in [0.29, 0.717) is 12.6 Å². The van der Waals surface area contributed by atoms with Gasteiger partial charge < -0.3 is 19.9 Å². The summed E-state index contributed by atoms with van der Waals surface area (Å²) < 4.78 is 5.68. The van der Waals surface area contributed by atoms with Crippen molar-refractivity contribution in [2.24, 2.45) is 0 Å². The third-order valence-corrected chi connectivity index (χ3v) is 3.85. The number of ether oxygens (including phenoxy) is 1. The number of nitrogens with zero attached hydrogens (tertiary/aromatic N) is 2. The average molecular weight is 255 g/mol. The molecule has 5 heteroatoms. The van der Waals surface area contributed by atoms with Gasteiger partial charge in [-0.2, -0.15) is 0 Å². The molecule has 0 radical (unpaired) electrons. The lowest BCUT2D eigenvalue weighted by Gasteiger charge is -2.32. The normalized spacial score (nSPS) is 26.2. The number of urea groups is 1. The molecule has 18 heavy (non-hydrogen) atoms. The van der Waals surface area contributed by atoms with Crippen molar-refractivity contribution in [1.82, 2.24) is 15.1 Å². The van der Waals surface area contributed by atoms with Crippen LogP contribution >= 0.6 is 0 Å². The topological polar surface area (TPSA) is 44.8 Å². The lowest BCUT2D eigenvalue weighted by atomic mass is 10.2. The Bertz CT molecular complexity index is 279. The SMILES string of the molecule is CN1CCOC(CN(C)C(=O)NC2CCCC2)C1. The van der Waals surface area contributed by atoms with Gasteiger partial charge in [0.1, 0.15) is 0 Å². The number of hydrogen-bond donors (Lipinski definition) is 1. The molecule has 5 nitrogen and oxygen atoms in total. The van der Waals surface area contributed by atoms with E-state index in [4.69, 9.17) is 4.74 Å². The molecule has 1 heterocycles. The monoisotopic (exact) mass is 255 g/mol. The Balaban J connectivity index is 1.72. The molecule has 0 aromatic rings. The number of morpholine rings is 1. The number of carbonyl (C=O) groups is 1. The van der Waals surface area contributed by atoms with Crippen molar-refractivity contribution in [3.05, 3.63) is 0 Å². The van der Waals surface area contributed by atoms with Crippen molar-refractivity contribution in [1.29, 1.82) is 0 Å². The van der Waals surface area contributed by atoms with Gasteiger partial charge >= 0.3 is 6.03 Å². The predicted octanol–water partition coefficient (Wildman–Crippen LogP) is 0.901. The number of nitrogens with one attached hydrogen (secondary N) is 1. The molecule has 1 saturated carbocycles. The summed E-state index contributed by atoms with van der Waals surface area (Å²) in [4.78, 5) is 16.0. The van der Waals surface area contributed by atoms with Crippen LogP contribution in [-0.2, 0) is 4.74 Å². The summed E-state index contributed by atoms with van der Waals surface area (Å²) in [6.07, 6.45) is 4.88. The van der Waals surface area contributed by atoms with Crippen LogP contribution in [0, 0.1) is 0 Å². The highest BCUT2D eigenvalue weighted by Gasteiger charge is 2.23. The fourth-order valence-electron chi connectivity index (χ4n) is 2.72. The van der Waals surface area contributed by atoms with Crippen LogP contribution in [0.3, 0.4) is 0 Å². The Labute approximate surface area is 109 Å². The van der Waals surface area contributed by atoms with E-state index < -0.39 is 0 Å². The van der Waals surface area contributed by atoms with Gasteiger partial charge in [-0.15, -0.1) is 0 Å². The van der Waals surface area contributed by atoms with Crippen LogP contribution in [0.2, 0.25) is 0 Å². The van der Waals surface area contributed by atoms with Crippen LogP contribution in [0.5, 0.6) is 0 Å². The van der Waals surface area contributed by atoms with Gasteiger partial charge in [0, 0.05) is 32.7 Å². The van der Waals surface area contributed by atoms with Crippen molar-refractivity contribution in [3.8, 4) is 0 Å². The van der Waals surface area contributed by atoms with Crippen molar-refractivity contribution < 1.29 is 9.53 Å². The van der Waals surface area contributed by atoms with Crippen LogP contribution in [-0.4, -0.2) is 68.3 Å². The zero-order valence-electron chi connectivity index (χ0n) is 11.5. The van der Waals surface area contributed by atoms with Gasteiger partial charge in [-0.25, -0.2) is 4.79 Å². The summed E-state index contributed by atoms with van der Waals surface area (Å²) in [7, 11) is 3.94. The number of rotatable bonds is 3. The highest BCUT2D eigenvalue weighted by molar-refractivity contribution is 5.74. The Morgan fingerprint density at radius 1 is 1.44 bits per heavy atom. The number of likely N-dealkylation sites (N-methyl/N-ethyl adjacent to an activating group) is 2. The van der Waals surface area contributed by atoms with E-state index >= 15 is 0 Å². The van der Waals surface area contributed by atoms with Crippen molar-refractivity contribution in [3.63, 3.8) is 0 Å².